The van der Waals surface area contributed by atoms with E-state index in [0.29, 0.717) is 0 Å². The van der Waals surface area contributed by atoms with E-state index in [1.165, 1.54) is 17.0 Å². The molecule has 5 atom stereocenters. The molecule has 1 aliphatic carbocycles. The minimum atomic E-state index is -4.55. The number of hydrogen-bond donors (Lipinski definition) is 4. The molecule has 0 bridgehead atoms. The van der Waals surface area contributed by atoms with Crippen LogP contribution in [0.5, 0.6) is 0 Å². The van der Waals surface area contributed by atoms with Crippen molar-refractivity contribution in [1.82, 2.24) is 15.6 Å². The molecule has 32 heavy (non-hydrogen) atoms. The van der Waals surface area contributed by atoms with Crippen LogP contribution >= 0.6 is 12.2 Å². The topological polar surface area (TPSA) is 97.7 Å². The number of carbonyl (C=O) groups excluding carboxylic acids is 1. The van der Waals surface area contributed by atoms with Crippen LogP contribution in [0.15, 0.2) is 48.8 Å². The van der Waals surface area contributed by atoms with Gasteiger partial charge in [-0.2, -0.15) is 13.2 Å². The number of aliphatic hydroxyl groups is 2. The predicted octanol–water partition coefficient (Wildman–Crippen LogP) is 1.59. The number of aliphatic hydroxyl groups excluding tert-OH is 2. The summed E-state index contributed by atoms with van der Waals surface area (Å²) in [7, 11) is 0. The minimum absolute atomic E-state index is 0.0685. The maximum atomic E-state index is 13.3. The van der Waals surface area contributed by atoms with Crippen molar-refractivity contribution < 1.29 is 28.2 Å². The lowest BCUT2D eigenvalue weighted by Crippen LogP contribution is -2.60. The summed E-state index contributed by atoms with van der Waals surface area (Å²) in [6.07, 6.45) is -3.84. The van der Waals surface area contributed by atoms with Gasteiger partial charge in [-0.3, -0.25) is 9.78 Å². The summed E-state index contributed by atoms with van der Waals surface area (Å²) in [5.74, 6) is -1.24. The molecule has 2 aliphatic rings. The molecule has 7 nitrogen and oxygen atoms in total. The average molecular weight is 466 g/mol. The number of rotatable bonds is 4. The van der Waals surface area contributed by atoms with Gasteiger partial charge in [0.25, 0.3) is 0 Å². The van der Waals surface area contributed by atoms with Crippen molar-refractivity contribution in [3.05, 3.63) is 59.9 Å². The number of benzene rings is 1. The highest BCUT2D eigenvalue weighted by Crippen LogP contribution is 2.38. The minimum Gasteiger partial charge on any atom is -0.390 e. The molecule has 0 radical (unpaired) electrons. The third-order valence-electron chi connectivity index (χ3n) is 5.82. The van der Waals surface area contributed by atoms with Gasteiger partial charge in [0.2, 0.25) is 5.91 Å². The molecule has 1 saturated carbocycles. The molecule has 2 fully saturated rings. The summed E-state index contributed by atoms with van der Waals surface area (Å²) >= 11 is 5.35. The summed E-state index contributed by atoms with van der Waals surface area (Å²) in [6, 6.07) is 6.55. The van der Waals surface area contributed by atoms with Crippen LogP contribution in [-0.2, 0) is 17.5 Å². The second-order valence-corrected chi connectivity index (χ2v) is 8.25. The largest absolute Gasteiger partial charge is 0.416 e. The Labute approximate surface area is 187 Å². The maximum Gasteiger partial charge on any atom is 0.416 e. The summed E-state index contributed by atoms with van der Waals surface area (Å²) in [4.78, 5) is 18.5. The number of carbonyl (C=O) groups is 1. The van der Waals surface area contributed by atoms with Crippen molar-refractivity contribution in [2.75, 3.05) is 4.90 Å². The van der Waals surface area contributed by atoms with E-state index in [-0.39, 0.29) is 23.8 Å². The van der Waals surface area contributed by atoms with E-state index in [4.69, 9.17) is 12.2 Å². The van der Waals surface area contributed by atoms with Crippen molar-refractivity contribution in [3.8, 4) is 0 Å². The Morgan fingerprint density at radius 1 is 1.28 bits per heavy atom. The zero-order valence-corrected chi connectivity index (χ0v) is 17.5. The smallest absolute Gasteiger partial charge is 0.390 e. The number of halogens is 3. The molecule has 170 valence electrons. The number of fused-ring (bicyclic) bond motifs is 1. The van der Waals surface area contributed by atoms with E-state index in [9.17, 15) is 28.2 Å². The van der Waals surface area contributed by atoms with Crippen molar-refractivity contribution >= 4 is 28.9 Å². The number of nitrogens with zero attached hydrogens (tertiary/aromatic N) is 2. The lowest BCUT2D eigenvalue weighted by Gasteiger charge is -2.41. The molecule has 11 heteroatoms. The first-order valence-electron chi connectivity index (χ1n) is 9.96. The van der Waals surface area contributed by atoms with E-state index < -0.39 is 47.9 Å². The fourth-order valence-corrected chi connectivity index (χ4v) is 4.66. The van der Waals surface area contributed by atoms with Crippen LogP contribution in [0.25, 0.3) is 0 Å². The predicted molar refractivity (Wildman–Crippen MR) is 113 cm³/mol. The Hall–Kier alpha value is -2.76. The van der Waals surface area contributed by atoms with Crippen molar-refractivity contribution in [2.24, 2.45) is 5.92 Å². The number of pyridine rings is 1. The number of thiocarbonyl (C=S) groups is 1. The molecule has 5 unspecified atom stereocenters. The number of anilines is 1. The quantitative estimate of drug-likeness (QED) is 0.508. The van der Waals surface area contributed by atoms with E-state index in [2.05, 4.69) is 15.6 Å². The van der Waals surface area contributed by atoms with E-state index >= 15 is 0 Å². The molecule has 0 spiro atoms. The zero-order chi connectivity index (χ0) is 23.0. The van der Waals surface area contributed by atoms with Crippen molar-refractivity contribution in [3.63, 3.8) is 0 Å². The highest BCUT2D eigenvalue weighted by atomic mass is 32.1. The van der Waals surface area contributed by atoms with Gasteiger partial charge in [-0.1, -0.05) is 12.1 Å². The van der Waals surface area contributed by atoms with Crippen LogP contribution in [0.2, 0.25) is 0 Å². The summed E-state index contributed by atoms with van der Waals surface area (Å²) in [5.41, 5.74) is 0.0669. The lowest BCUT2D eigenvalue weighted by molar-refractivity contribution is -0.137. The molecular formula is C21H21F3N4O3S. The average Bonchev–Trinajstić information content (AvgIpc) is 3.12. The standard InChI is InChI=1S/C21H21F3N4O3S/c22-21(23,24)12-4-1-5-13(7-12)28-17-14(8-15(29)18(30)16(17)27-20(28)32)19(31)26-10-11-3-2-6-25-9-11/h1-7,9,14-18,29-30H,8,10H2,(H,26,31)(H,27,32). The monoisotopic (exact) mass is 466 g/mol. The van der Waals surface area contributed by atoms with Gasteiger partial charge in [-0.15, -0.1) is 0 Å². The van der Waals surface area contributed by atoms with E-state index in [1.54, 1.807) is 24.5 Å². The fourth-order valence-electron chi connectivity index (χ4n) is 4.30. The van der Waals surface area contributed by atoms with Crippen LogP contribution in [-0.4, -0.2) is 50.5 Å². The SMILES string of the molecule is O=C(NCc1cccnc1)C1CC(O)C(O)C2NC(=S)N(c3cccc(C(F)(F)F)c3)C12. The normalized spacial score (nSPS) is 27.6. The second-order valence-electron chi connectivity index (χ2n) is 7.86. The molecule has 1 aromatic carbocycles. The van der Waals surface area contributed by atoms with Crippen LogP contribution in [0.1, 0.15) is 17.5 Å². The molecule has 2 heterocycles. The summed E-state index contributed by atoms with van der Waals surface area (Å²) in [6.45, 7) is 0.195. The van der Waals surface area contributed by atoms with Crippen LogP contribution < -0.4 is 15.5 Å². The second kappa shape index (κ2) is 8.64. The fraction of sp³-hybridized carbons (Fsp3) is 0.381. The third-order valence-corrected chi connectivity index (χ3v) is 6.14. The van der Waals surface area contributed by atoms with Gasteiger partial charge in [0.15, 0.2) is 5.11 Å². The summed E-state index contributed by atoms with van der Waals surface area (Å²) in [5, 5.41) is 26.6. The van der Waals surface area contributed by atoms with Crippen molar-refractivity contribution in [1.29, 1.82) is 0 Å². The molecule has 1 aromatic heterocycles. The highest BCUT2D eigenvalue weighted by Gasteiger charge is 2.54. The Bertz CT molecular complexity index is 1010. The van der Waals surface area contributed by atoms with Gasteiger partial charge >= 0.3 is 6.18 Å². The Morgan fingerprint density at radius 2 is 2.06 bits per heavy atom. The Balaban J connectivity index is 1.64. The maximum absolute atomic E-state index is 13.3. The molecule has 4 rings (SSSR count). The Kier molecular flexibility index (Phi) is 6.06. The molecule has 4 N–H and O–H groups in total. The third kappa shape index (κ3) is 4.27. The van der Waals surface area contributed by atoms with Gasteiger partial charge in [0.05, 0.1) is 29.7 Å². The first kappa shape index (κ1) is 22.4. The molecule has 1 amide bonds. The van der Waals surface area contributed by atoms with Crippen LogP contribution in [0.4, 0.5) is 18.9 Å². The molecular weight excluding hydrogens is 445 g/mol. The zero-order valence-electron chi connectivity index (χ0n) is 16.7. The number of nitrogens with one attached hydrogen (secondary N) is 2. The number of amides is 1. The number of hydrogen-bond acceptors (Lipinski definition) is 5. The summed E-state index contributed by atoms with van der Waals surface area (Å²) < 4.78 is 39.8. The molecule has 2 aromatic rings. The van der Waals surface area contributed by atoms with E-state index in [0.717, 1.165) is 17.7 Å². The van der Waals surface area contributed by atoms with Gasteiger partial charge in [0.1, 0.15) is 6.10 Å². The van der Waals surface area contributed by atoms with Gasteiger partial charge < -0.3 is 25.7 Å². The highest BCUT2D eigenvalue weighted by molar-refractivity contribution is 7.80. The van der Waals surface area contributed by atoms with Gasteiger partial charge in [-0.05, 0) is 48.5 Å². The Morgan fingerprint density at radius 3 is 2.75 bits per heavy atom. The lowest BCUT2D eigenvalue weighted by atomic mass is 9.77. The molecule has 1 aliphatic heterocycles. The van der Waals surface area contributed by atoms with Gasteiger partial charge in [-0.25, -0.2) is 0 Å². The first-order valence-corrected chi connectivity index (χ1v) is 10.4. The number of alkyl halides is 3. The first-order chi connectivity index (χ1) is 15.2. The molecule has 1 saturated heterocycles. The van der Waals surface area contributed by atoms with Crippen LogP contribution in [0.3, 0.4) is 0 Å². The number of aromatic nitrogens is 1. The van der Waals surface area contributed by atoms with Crippen molar-refractivity contribution in [2.45, 2.75) is 43.4 Å². The van der Waals surface area contributed by atoms with Gasteiger partial charge in [0, 0.05) is 24.6 Å². The van der Waals surface area contributed by atoms with Crippen LogP contribution in [0, 0.1) is 5.92 Å². The van der Waals surface area contributed by atoms with E-state index in [1.807, 2.05) is 0 Å².